The SMILES string of the molecule is CCCNc1nc(Nc2ccccc2)nc(OCC)n1. The van der Waals surface area contributed by atoms with Crippen LogP contribution in [0.3, 0.4) is 0 Å². The summed E-state index contributed by atoms with van der Waals surface area (Å²) in [5, 5.41) is 6.27. The summed E-state index contributed by atoms with van der Waals surface area (Å²) in [7, 11) is 0. The fraction of sp³-hybridized carbons (Fsp3) is 0.357. The molecule has 0 spiro atoms. The van der Waals surface area contributed by atoms with E-state index >= 15 is 0 Å². The van der Waals surface area contributed by atoms with Crippen molar-refractivity contribution in [2.45, 2.75) is 20.3 Å². The Morgan fingerprint density at radius 1 is 1.00 bits per heavy atom. The van der Waals surface area contributed by atoms with Crippen molar-refractivity contribution >= 4 is 17.6 Å². The molecular weight excluding hydrogens is 254 g/mol. The summed E-state index contributed by atoms with van der Waals surface area (Å²) in [4.78, 5) is 12.8. The predicted molar refractivity (Wildman–Crippen MR) is 79.5 cm³/mol. The molecule has 6 heteroatoms. The van der Waals surface area contributed by atoms with Crippen LogP contribution in [0, 0.1) is 0 Å². The number of rotatable bonds is 7. The third-order valence-corrected chi connectivity index (χ3v) is 2.45. The van der Waals surface area contributed by atoms with E-state index in [2.05, 4.69) is 32.5 Å². The number of anilines is 3. The Hall–Kier alpha value is -2.37. The molecule has 6 nitrogen and oxygen atoms in total. The Kier molecular flexibility index (Phi) is 5.11. The molecule has 106 valence electrons. The number of nitrogens with one attached hydrogen (secondary N) is 2. The molecule has 20 heavy (non-hydrogen) atoms. The van der Waals surface area contributed by atoms with E-state index in [9.17, 15) is 0 Å². The standard InChI is InChI=1S/C14H19N5O/c1-3-10-15-12-17-13(19-14(18-12)20-4-2)16-11-8-6-5-7-9-11/h5-9H,3-4,10H2,1-2H3,(H2,15,16,17,18,19). The van der Waals surface area contributed by atoms with Gasteiger partial charge in [-0.3, -0.25) is 0 Å². The van der Waals surface area contributed by atoms with Gasteiger partial charge in [-0.1, -0.05) is 25.1 Å². The van der Waals surface area contributed by atoms with Crippen LogP contribution in [-0.2, 0) is 0 Å². The third-order valence-electron chi connectivity index (χ3n) is 2.45. The van der Waals surface area contributed by atoms with Crippen LogP contribution >= 0.6 is 0 Å². The quantitative estimate of drug-likeness (QED) is 0.808. The van der Waals surface area contributed by atoms with E-state index in [-0.39, 0.29) is 0 Å². The van der Waals surface area contributed by atoms with Gasteiger partial charge in [0.2, 0.25) is 11.9 Å². The fourth-order valence-corrected chi connectivity index (χ4v) is 1.57. The zero-order valence-electron chi connectivity index (χ0n) is 11.8. The minimum Gasteiger partial charge on any atom is -0.464 e. The van der Waals surface area contributed by atoms with Crippen molar-refractivity contribution in [2.75, 3.05) is 23.8 Å². The lowest BCUT2D eigenvalue weighted by Crippen LogP contribution is -2.09. The molecule has 1 aromatic heterocycles. The van der Waals surface area contributed by atoms with Crippen LogP contribution < -0.4 is 15.4 Å². The number of aromatic nitrogens is 3. The Bertz CT molecular complexity index is 532. The number of nitrogens with zero attached hydrogens (tertiary/aromatic N) is 3. The van der Waals surface area contributed by atoms with Crippen LogP contribution in [0.4, 0.5) is 17.6 Å². The third kappa shape index (κ3) is 4.08. The van der Waals surface area contributed by atoms with Crippen LogP contribution in [0.5, 0.6) is 6.01 Å². The van der Waals surface area contributed by atoms with Crippen LogP contribution in [0.25, 0.3) is 0 Å². The summed E-state index contributed by atoms with van der Waals surface area (Å²) in [5.74, 6) is 0.983. The lowest BCUT2D eigenvalue weighted by molar-refractivity contribution is 0.312. The van der Waals surface area contributed by atoms with Gasteiger partial charge in [0.1, 0.15) is 0 Å². The van der Waals surface area contributed by atoms with Gasteiger partial charge in [0.25, 0.3) is 0 Å². The minimum atomic E-state index is 0.319. The average molecular weight is 273 g/mol. The first-order valence-corrected chi connectivity index (χ1v) is 6.76. The molecule has 0 radical (unpaired) electrons. The highest BCUT2D eigenvalue weighted by molar-refractivity contribution is 5.53. The van der Waals surface area contributed by atoms with Crippen LogP contribution in [0.2, 0.25) is 0 Å². The van der Waals surface area contributed by atoms with E-state index in [0.29, 0.717) is 24.5 Å². The molecule has 2 N–H and O–H groups in total. The predicted octanol–water partition coefficient (Wildman–Crippen LogP) is 2.84. The van der Waals surface area contributed by atoms with Crippen molar-refractivity contribution in [3.8, 4) is 6.01 Å². The minimum absolute atomic E-state index is 0.319. The zero-order valence-corrected chi connectivity index (χ0v) is 11.8. The number of hydrogen-bond donors (Lipinski definition) is 2. The molecule has 2 aromatic rings. The maximum Gasteiger partial charge on any atom is 0.323 e. The summed E-state index contributed by atoms with van der Waals surface area (Å²) in [6.45, 7) is 5.30. The average Bonchev–Trinajstić information content (AvgIpc) is 2.46. The van der Waals surface area contributed by atoms with Gasteiger partial charge in [-0.25, -0.2) is 0 Å². The molecule has 0 atom stereocenters. The fourth-order valence-electron chi connectivity index (χ4n) is 1.57. The maximum atomic E-state index is 5.36. The molecule has 0 fully saturated rings. The van der Waals surface area contributed by atoms with Crippen molar-refractivity contribution in [1.82, 2.24) is 15.0 Å². The molecule has 0 bridgehead atoms. The molecule has 2 rings (SSSR count). The van der Waals surface area contributed by atoms with Crippen molar-refractivity contribution in [3.05, 3.63) is 30.3 Å². The monoisotopic (exact) mass is 273 g/mol. The molecule has 0 saturated heterocycles. The molecule has 0 unspecified atom stereocenters. The van der Waals surface area contributed by atoms with Gasteiger partial charge < -0.3 is 15.4 Å². The first-order chi connectivity index (χ1) is 9.81. The summed E-state index contributed by atoms with van der Waals surface area (Å²) in [5.41, 5.74) is 0.919. The summed E-state index contributed by atoms with van der Waals surface area (Å²) in [6.07, 6.45) is 0.997. The van der Waals surface area contributed by atoms with Crippen LogP contribution in [-0.4, -0.2) is 28.1 Å². The largest absolute Gasteiger partial charge is 0.464 e. The number of para-hydroxylation sites is 1. The highest BCUT2D eigenvalue weighted by atomic mass is 16.5. The topological polar surface area (TPSA) is 72.0 Å². The first kappa shape index (κ1) is 14.0. The van der Waals surface area contributed by atoms with E-state index in [1.807, 2.05) is 37.3 Å². The molecule has 0 aliphatic heterocycles. The first-order valence-electron chi connectivity index (χ1n) is 6.76. The van der Waals surface area contributed by atoms with E-state index in [1.165, 1.54) is 0 Å². The van der Waals surface area contributed by atoms with E-state index < -0.39 is 0 Å². The van der Waals surface area contributed by atoms with Gasteiger partial charge in [0.15, 0.2) is 0 Å². The second-order valence-electron chi connectivity index (χ2n) is 4.12. The van der Waals surface area contributed by atoms with Crippen molar-refractivity contribution in [1.29, 1.82) is 0 Å². The van der Waals surface area contributed by atoms with E-state index in [0.717, 1.165) is 18.7 Å². The van der Waals surface area contributed by atoms with Gasteiger partial charge in [0, 0.05) is 12.2 Å². The zero-order chi connectivity index (χ0) is 14.2. The van der Waals surface area contributed by atoms with E-state index in [1.54, 1.807) is 0 Å². The van der Waals surface area contributed by atoms with Gasteiger partial charge in [-0.05, 0) is 25.5 Å². The molecule has 0 aliphatic rings. The molecule has 1 aromatic carbocycles. The van der Waals surface area contributed by atoms with E-state index in [4.69, 9.17) is 4.74 Å². The van der Waals surface area contributed by atoms with Crippen molar-refractivity contribution in [3.63, 3.8) is 0 Å². The number of hydrogen-bond acceptors (Lipinski definition) is 6. The summed E-state index contributed by atoms with van der Waals surface area (Å²) in [6, 6.07) is 10.1. The molecule has 1 heterocycles. The Balaban J connectivity index is 2.19. The second kappa shape index (κ2) is 7.28. The van der Waals surface area contributed by atoms with Gasteiger partial charge in [-0.15, -0.1) is 0 Å². The van der Waals surface area contributed by atoms with Crippen LogP contribution in [0.1, 0.15) is 20.3 Å². The summed E-state index contributed by atoms with van der Waals surface area (Å²) >= 11 is 0. The summed E-state index contributed by atoms with van der Waals surface area (Å²) < 4.78 is 5.36. The van der Waals surface area contributed by atoms with Crippen molar-refractivity contribution < 1.29 is 4.74 Å². The van der Waals surface area contributed by atoms with Gasteiger partial charge in [-0.2, -0.15) is 15.0 Å². The highest BCUT2D eigenvalue weighted by Crippen LogP contribution is 2.16. The van der Waals surface area contributed by atoms with Gasteiger partial charge >= 0.3 is 6.01 Å². The second-order valence-corrected chi connectivity index (χ2v) is 4.12. The smallest absolute Gasteiger partial charge is 0.323 e. The Labute approximate surface area is 118 Å². The van der Waals surface area contributed by atoms with Crippen LogP contribution in [0.15, 0.2) is 30.3 Å². The normalized spacial score (nSPS) is 10.1. The van der Waals surface area contributed by atoms with Crippen molar-refractivity contribution in [2.24, 2.45) is 0 Å². The Morgan fingerprint density at radius 2 is 1.75 bits per heavy atom. The van der Waals surface area contributed by atoms with Gasteiger partial charge in [0.05, 0.1) is 6.61 Å². The number of benzene rings is 1. The molecule has 0 saturated carbocycles. The lowest BCUT2D eigenvalue weighted by Gasteiger charge is -2.09. The Morgan fingerprint density at radius 3 is 2.45 bits per heavy atom. The number of ether oxygens (including phenoxy) is 1. The molecular formula is C14H19N5O. The molecule has 0 aliphatic carbocycles. The molecule has 0 amide bonds. The lowest BCUT2D eigenvalue weighted by atomic mass is 10.3. The highest BCUT2D eigenvalue weighted by Gasteiger charge is 2.07. The maximum absolute atomic E-state index is 5.36.